The van der Waals surface area contributed by atoms with Crippen molar-refractivity contribution in [3.63, 3.8) is 0 Å². The highest BCUT2D eigenvalue weighted by molar-refractivity contribution is 5.98. The first-order valence-electron chi connectivity index (χ1n) is 6.10. The van der Waals surface area contributed by atoms with Crippen LogP contribution in [0.25, 0.3) is 0 Å². The number of hydrogen-bond donors (Lipinski definition) is 1. The molecule has 0 bridgehead atoms. The van der Waals surface area contributed by atoms with Gasteiger partial charge in [0.15, 0.2) is 0 Å². The van der Waals surface area contributed by atoms with Crippen molar-refractivity contribution in [2.75, 3.05) is 26.0 Å². The Morgan fingerprint density at radius 3 is 2.78 bits per heavy atom. The van der Waals surface area contributed by atoms with Gasteiger partial charge in [0.1, 0.15) is 11.4 Å². The molecule has 6 heteroatoms. The maximum Gasteiger partial charge on any atom is 0.259 e. The third-order valence-electron chi connectivity index (χ3n) is 3.14. The SMILES string of the molecule is CCC(C)N(CCOC)C(=O)c1cnn(C)c1N. The van der Waals surface area contributed by atoms with Crippen molar-refractivity contribution < 1.29 is 9.53 Å². The van der Waals surface area contributed by atoms with Gasteiger partial charge in [-0.15, -0.1) is 0 Å². The van der Waals surface area contributed by atoms with Crippen molar-refractivity contribution in [1.82, 2.24) is 14.7 Å². The lowest BCUT2D eigenvalue weighted by molar-refractivity contribution is 0.0615. The first-order chi connectivity index (χ1) is 8.52. The Balaban J connectivity index is 2.91. The number of carbonyl (C=O) groups excluding carboxylic acids is 1. The summed E-state index contributed by atoms with van der Waals surface area (Å²) in [4.78, 5) is 14.2. The summed E-state index contributed by atoms with van der Waals surface area (Å²) < 4.78 is 6.54. The van der Waals surface area contributed by atoms with E-state index in [1.54, 1.807) is 19.1 Å². The molecule has 6 nitrogen and oxygen atoms in total. The van der Waals surface area contributed by atoms with E-state index in [9.17, 15) is 4.79 Å². The van der Waals surface area contributed by atoms with Gasteiger partial charge < -0.3 is 15.4 Å². The summed E-state index contributed by atoms with van der Waals surface area (Å²) in [7, 11) is 3.34. The highest BCUT2D eigenvalue weighted by Gasteiger charge is 2.23. The molecule has 2 N–H and O–H groups in total. The van der Waals surface area contributed by atoms with Crippen LogP contribution in [0.4, 0.5) is 5.82 Å². The molecule has 1 unspecified atom stereocenters. The number of nitrogens with zero attached hydrogens (tertiary/aromatic N) is 3. The van der Waals surface area contributed by atoms with Crippen molar-refractivity contribution in [2.24, 2.45) is 7.05 Å². The lowest BCUT2D eigenvalue weighted by atomic mass is 10.2. The molecule has 1 rings (SSSR count). The quantitative estimate of drug-likeness (QED) is 0.818. The molecule has 0 saturated carbocycles. The van der Waals surface area contributed by atoms with Crippen LogP contribution in [0, 0.1) is 0 Å². The van der Waals surface area contributed by atoms with E-state index in [0.717, 1.165) is 6.42 Å². The van der Waals surface area contributed by atoms with Crippen LogP contribution in [0.5, 0.6) is 0 Å². The van der Waals surface area contributed by atoms with Crippen LogP contribution in [0.1, 0.15) is 30.6 Å². The molecule has 1 heterocycles. The number of nitrogens with two attached hydrogens (primary N) is 1. The Labute approximate surface area is 108 Å². The van der Waals surface area contributed by atoms with Gasteiger partial charge in [0, 0.05) is 26.7 Å². The zero-order valence-electron chi connectivity index (χ0n) is 11.5. The summed E-state index contributed by atoms with van der Waals surface area (Å²) in [5.74, 6) is 0.303. The summed E-state index contributed by atoms with van der Waals surface area (Å²) in [5, 5.41) is 4.00. The zero-order chi connectivity index (χ0) is 13.7. The second-order valence-electron chi connectivity index (χ2n) is 4.32. The number of aryl methyl sites for hydroxylation is 1. The van der Waals surface area contributed by atoms with Crippen molar-refractivity contribution in [1.29, 1.82) is 0 Å². The number of methoxy groups -OCH3 is 1. The summed E-state index contributed by atoms with van der Waals surface area (Å²) in [6.45, 7) is 5.12. The van der Waals surface area contributed by atoms with Gasteiger partial charge in [-0.1, -0.05) is 6.92 Å². The van der Waals surface area contributed by atoms with E-state index in [-0.39, 0.29) is 11.9 Å². The van der Waals surface area contributed by atoms with E-state index in [1.807, 2.05) is 13.8 Å². The van der Waals surface area contributed by atoms with Gasteiger partial charge in [-0.2, -0.15) is 5.10 Å². The average molecular weight is 254 g/mol. The molecule has 0 saturated heterocycles. The molecule has 18 heavy (non-hydrogen) atoms. The van der Waals surface area contributed by atoms with E-state index in [1.165, 1.54) is 10.9 Å². The predicted octanol–water partition coefficient (Wildman–Crippen LogP) is 0.889. The molecule has 1 aromatic rings. The highest BCUT2D eigenvalue weighted by Crippen LogP contribution is 2.15. The molecule has 102 valence electrons. The van der Waals surface area contributed by atoms with Crippen LogP contribution in [0.2, 0.25) is 0 Å². The van der Waals surface area contributed by atoms with Crippen LogP contribution < -0.4 is 5.73 Å². The lowest BCUT2D eigenvalue weighted by Crippen LogP contribution is -2.40. The first-order valence-corrected chi connectivity index (χ1v) is 6.10. The van der Waals surface area contributed by atoms with Gasteiger partial charge in [0.05, 0.1) is 12.8 Å². The number of rotatable bonds is 6. The van der Waals surface area contributed by atoms with E-state index in [0.29, 0.717) is 24.5 Å². The average Bonchev–Trinajstić information content (AvgIpc) is 2.69. The minimum absolute atomic E-state index is 0.0907. The van der Waals surface area contributed by atoms with Crippen LogP contribution in [0.3, 0.4) is 0 Å². The molecule has 0 fully saturated rings. The highest BCUT2D eigenvalue weighted by atomic mass is 16.5. The molecule has 1 aromatic heterocycles. The molecule has 1 amide bonds. The second-order valence-corrected chi connectivity index (χ2v) is 4.32. The summed E-state index contributed by atoms with van der Waals surface area (Å²) >= 11 is 0. The standard InChI is InChI=1S/C12H22N4O2/c1-5-9(2)16(6-7-18-4)12(17)10-8-14-15(3)11(10)13/h8-9H,5-7,13H2,1-4H3. The summed E-state index contributed by atoms with van der Waals surface area (Å²) in [6.07, 6.45) is 2.40. The van der Waals surface area contributed by atoms with Crippen molar-refractivity contribution >= 4 is 11.7 Å². The molecule has 0 aliphatic heterocycles. The third-order valence-corrected chi connectivity index (χ3v) is 3.14. The minimum Gasteiger partial charge on any atom is -0.383 e. The van der Waals surface area contributed by atoms with Gasteiger partial charge in [0.25, 0.3) is 5.91 Å². The predicted molar refractivity (Wildman–Crippen MR) is 70.3 cm³/mol. The third kappa shape index (κ3) is 3.01. The van der Waals surface area contributed by atoms with Gasteiger partial charge in [0.2, 0.25) is 0 Å². The fourth-order valence-corrected chi connectivity index (χ4v) is 1.70. The maximum atomic E-state index is 12.4. The van der Waals surface area contributed by atoms with E-state index < -0.39 is 0 Å². The number of nitrogen functional groups attached to an aromatic ring is 1. The molecule has 1 atom stereocenters. The summed E-state index contributed by atoms with van der Waals surface area (Å²) in [5.41, 5.74) is 6.29. The van der Waals surface area contributed by atoms with Crippen LogP contribution in [-0.2, 0) is 11.8 Å². The van der Waals surface area contributed by atoms with Crippen LogP contribution in [0.15, 0.2) is 6.20 Å². The number of amides is 1. The molecular weight excluding hydrogens is 232 g/mol. The Bertz CT molecular complexity index is 403. The van der Waals surface area contributed by atoms with Crippen LogP contribution in [-0.4, -0.2) is 46.9 Å². The molecule has 0 aromatic carbocycles. The Kier molecular flexibility index (Phi) is 5.15. The van der Waals surface area contributed by atoms with E-state index >= 15 is 0 Å². The molecular formula is C12H22N4O2. The number of ether oxygens (including phenoxy) is 1. The summed E-state index contributed by atoms with van der Waals surface area (Å²) in [6, 6.07) is 0.146. The molecule has 0 radical (unpaired) electrons. The Morgan fingerprint density at radius 1 is 1.67 bits per heavy atom. The second kappa shape index (κ2) is 6.39. The van der Waals surface area contributed by atoms with Crippen molar-refractivity contribution in [3.8, 4) is 0 Å². The van der Waals surface area contributed by atoms with Gasteiger partial charge in [-0.25, -0.2) is 0 Å². The minimum atomic E-state index is -0.0907. The molecule has 0 aliphatic carbocycles. The van der Waals surface area contributed by atoms with Crippen LogP contribution >= 0.6 is 0 Å². The number of anilines is 1. The van der Waals surface area contributed by atoms with Crippen molar-refractivity contribution in [3.05, 3.63) is 11.8 Å². The van der Waals surface area contributed by atoms with Gasteiger partial charge in [-0.05, 0) is 13.3 Å². The Morgan fingerprint density at radius 2 is 2.33 bits per heavy atom. The molecule has 0 spiro atoms. The lowest BCUT2D eigenvalue weighted by Gasteiger charge is -2.28. The topological polar surface area (TPSA) is 73.4 Å². The monoisotopic (exact) mass is 254 g/mol. The number of aromatic nitrogens is 2. The van der Waals surface area contributed by atoms with Crippen molar-refractivity contribution in [2.45, 2.75) is 26.3 Å². The largest absolute Gasteiger partial charge is 0.383 e. The Hall–Kier alpha value is -1.56. The first kappa shape index (κ1) is 14.5. The fourth-order valence-electron chi connectivity index (χ4n) is 1.70. The number of carbonyl (C=O) groups is 1. The normalized spacial score (nSPS) is 12.4. The fraction of sp³-hybridized carbons (Fsp3) is 0.667. The zero-order valence-corrected chi connectivity index (χ0v) is 11.5. The van der Waals surface area contributed by atoms with Gasteiger partial charge in [-0.3, -0.25) is 9.48 Å². The maximum absolute atomic E-state index is 12.4. The van der Waals surface area contributed by atoms with Gasteiger partial charge >= 0.3 is 0 Å². The van der Waals surface area contributed by atoms with E-state index in [2.05, 4.69) is 5.10 Å². The molecule has 0 aliphatic rings. The van der Waals surface area contributed by atoms with E-state index in [4.69, 9.17) is 10.5 Å². The number of hydrogen-bond acceptors (Lipinski definition) is 4. The smallest absolute Gasteiger partial charge is 0.259 e.